The largest absolute Gasteiger partial charge is 0.496 e. The summed E-state index contributed by atoms with van der Waals surface area (Å²) in [5, 5.41) is 1.62. The highest BCUT2D eigenvalue weighted by molar-refractivity contribution is 9.10. The van der Waals surface area contributed by atoms with Gasteiger partial charge < -0.3 is 14.2 Å². The van der Waals surface area contributed by atoms with Crippen molar-refractivity contribution in [1.82, 2.24) is 0 Å². The third-order valence-corrected chi connectivity index (χ3v) is 5.38. The maximum absolute atomic E-state index is 6.62. The number of benzene rings is 1. The van der Waals surface area contributed by atoms with Crippen LogP contribution in [0.5, 0.6) is 17.2 Å². The maximum Gasteiger partial charge on any atom is 0.131 e. The van der Waals surface area contributed by atoms with Gasteiger partial charge in [-0.05, 0) is 27.4 Å². The molecule has 108 valence electrons. The van der Waals surface area contributed by atoms with E-state index in [-0.39, 0.29) is 5.38 Å². The molecular weight excluding hydrogens is 364 g/mol. The summed E-state index contributed by atoms with van der Waals surface area (Å²) in [7, 11) is 4.80. The molecule has 0 aliphatic carbocycles. The number of rotatable bonds is 5. The molecule has 2 aromatic rings. The van der Waals surface area contributed by atoms with Gasteiger partial charge in [0.1, 0.15) is 22.6 Å². The summed E-state index contributed by atoms with van der Waals surface area (Å²) in [6, 6.07) is 5.57. The molecule has 20 heavy (non-hydrogen) atoms. The molecular formula is C14H14BrClO3S. The Bertz CT molecular complexity index is 575. The lowest BCUT2D eigenvalue weighted by atomic mass is 10.1. The summed E-state index contributed by atoms with van der Waals surface area (Å²) >= 11 is 11.7. The summed E-state index contributed by atoms with van der Waals surface area (Å²) in [5.41, 5.74) is 0.792. The summed E-state index contributed by atoms with van der Waals surface area (Å²) in [6.45, 7) is 0. The van der Waals surface area contributed by atoms with E-state index in [1.54, 1.807) is 44.8 Å². The van der Waals surface area contributed by atoms with Gasteiger partial charge in [0.05, 0.1) is 26.9 Å². The van der Waals surface area contributed by atoms with Crippen molar-refractivity contribution in [1.29, 1.82) is 0 Å². The Morgan fingerprint density at radius 3 is 2.10 bits per heavy atom. The van der Waals surface area contributed by atoms with Gasteiger partial charge in [0.2, 0.25) is 0 Å². The Hall–Kier alpha value is -0.910. The smallest absolute Gasteiger partial charge is 0.131 e. The minimum absolute atomic E-state index is 0.361. The second-order valence-corrected chi connectivity index (χ2v) is 6.18. The Labute approximate surface area is 135 Å². The van der Waals surface area contributed by atoms with Gasteiger partial charge in [-0.1, -0.05) is 0 Å². The quantitative estimate of drug-likeness (QED) is 0.696. The SMILES string of the molecule is COc1cc(OC)c(C(Cl)c2sccc2Br)c(OC)c1. The van der Waals surface area contributed by atoms with E-state index in [1.165, 1.54) is 0 Å². The van der Waals surface area contributed by atoms with Gasteiger partial charge in [-0.2, -0.15) is 0 Å². The molecule has 0 amide bonds. The van der Waals surface area contributed by atoms with Crippen LogP contribution in [0.4, 0.5) is 0 Å². The minimum atomic E-state index is -0.361. The number of hydrogen-bond donors (Lipinski definition) is 0. The van der Waals surface area contributed by atoms with Crippen LogP contribution in [0.2, 0.25) is 0 Å². The monoisotopic (exact) mass is 376 g/mol. The van der Waals surface area contributed by atoms with Gasteiger partial charge in [-0.25, -0.2) is 0 Å². The number of hydrogen-bond acceptors (Lipinski definition) is 4. The van der Waals surface area contributed by atoms with Crippen LogP contribution in [0.15, 0.2) is 28.1 Å². The molecule has 1 unspecified atom stereocenters. The van der Waals surface area contributed by atoms with Crippen molar-refractivity contribution in [2.45, 2.75) is 5.38 Å². The molecule has 0 saturated heterocycles. The van der Waals surface area contributed by atoms with E-state index in [0.717, 1.165) is 14.9 Å². The van der Waals surface area contributed by atoms with Crippen LogP contribution in [0.1, 0.15) is 15.8 Å². The molecule has 1 aromatic heterocycles. The molecule has 6 heteroatoms. The first-order chi connectivity index (χ1) is 9.62. The lowest BCUT2D eigenvalue weighted by Crippen LogP contribution is -2.01. The van der Waals surface area contributed by atoms with Crippen LogP contribution in [-0.2, 0) is 0 Å². The van der Waals surface area contributed by atoms with Gasteiger partial charge in [0.25, 0.3) is 0 Å². The number of alkyl halides is 1. The molecule has 1 atom stereocenters. The molecule has 1 aromatic carbocycles. The van der Waals surface area contributed by atoms with Crippen LogP contribution in [0, 0.1) is 0 Å². The Balaban J connectivity index is 2.57. The predicted octanol–water partition coefficient (Wildman–Crippen LogP) is 4.86. The first kappa shape index (κ1) is 15.5. The van der Waals surface area contributed by atoms with Crippen LogP contribution in [0.25, 0.3) is 0 Å². The van der Waals surface area contributed by atoms with Crippen molar-refractivity contribution in [3.05, 3.63) is 38.5 Å². The molecule has 0 N–H and O–H groups in total. The standard InChI is InChI=1S/C14H14BrClO3S/c1-17-8-6-10(18-2)12(11(7-8)19-3)13(16)14-9(15)4-5-20-14/h4-7,13H,1-3H3. The summed E-state index contributed by atoms with van der Waals surface area (Å²) in [6.07, 6.45) is 0. The first-order valence-electron chi connectivity index (χ1n) is 5.79. The van der Waals surface area contributed by atoms with E-state index in [0.29, 0.717) is 17.2 Å². The molecule has 0 saturated carbocycles. The number of methoxy groups -OCH3 is 3. The fraction of sp³-hybridized carbons (Fsp3) is 0.286. The molecule has 2 rings (SSSR count). The normalized spacial score (nSPS) is 12.1. The fourth-order valence-corrected chi connectivity index (χ4v) is 4.10. The van der Waals surface area contributed by atoms with Gasteiger partial charge in [-0.3, -0.25) is 0 Å². The zero-order valence-electron chi connectivity index (χ0n) is 11.3. The maximum atomic E-state index is 6.62. The van der Waals surface area contributed by atoms with Crippen molar-refractivity contribution in [3.63, 3.8) is 0 Å². The number of ether oxygens (including phenoxy) is 3. The average Bonchev–Trinajstić information content (AvgIpc) is 2.91. The second-order valence-electron chi connectivity index (χ2n) is 3.94. The number of thiophene rings is 1. The molecule has 0 bridgehead atoms. The molecule has 0 aliphatic rings. The summed E-state index contributed by atoms with van der Waals surface area (Å²) in [4.78, 5) is 1.01. The summed E-state index contributed by atoms with van der Waals surface area (Å²) < 4.78 is 17.1. The van der Waals surface area contributed by atoms with Crippen molar-refractivity contribution in [2.24, 2.45) is 0 Å². The van der Waals surface area contributed by atoms with Crippen LogP contribution >= 0.6 is 38.9 Å². The van der Waals surface area contributed by atoms with Crippen molar-refractivity contribution in [2.75, 3.05) is 21.3 Å². The van der Waals surface area contributed by atoms with Gasteiger partial charge in [0, 0.05) is 21.5 Å². The van der Waals surface area contributed by atoms with Gasteiger partial charge >= 0.3 is 0 Å². The Morgan fingerprint density at radius 1 is 1.10 bits per heavy atom. The highest BCUT2D eigenvalue weighted by Crippen LogP contribution is 2.46. The summed E-state index contributed by atoms with van der Waals surface area (Å²) in [5.74, 6) is 1.94. The highest BCUT2D eigenvalue weighted by atomic mass is 79.9. The molecule has 0 radical (unpaired) electrons. The van der Waals surface area contributed by atoms with E-state index in [9.17, 15) is 0 Å². The predicted molar refractivity (Wildman–Crippen MR) is 85.8 cm³/mol. The van der Waals surface area contributed by atoms with E-state index >= 15 is 0 Å². The zero-order chi connectivity index (χ0) is 14.7. The molecule has 0 spiro atoms. The lowest BCUT2D eigenvalue weighted by Gasteiger charge is -2.18. The third-order valence-electron chi connectivity index (χ3n) is 2.88. The average molecular weight is 378 g/mol. The van der Waals surface area contributed by atoms with Gasteiger partial charge in [-0.15, -0.1) is 22.9 Å². The molecule has 3 nitrogen and oxygen atoms in total. The fourth-order valence-electron chi connectivity index (χ4n) is 1.90. The van der Waals surface area contributed by atoms with E-state index < -0.39 is 0 Å². The van der Waals surface area contributed by atoms with Crippen molar-refractivity contribution in [3.8, 4) is 17.2 Å². The van der Waals surface area contributed by atoms with Crippen LogP contribution in [-0.4, -0.2) is 21.3 Å². The lowest BCUT2D eigenvalue weighted by molar-refractivity contribution is 0.369. The molecule has 0 aliphatic heterocycles. The van der Waals surface area contributed by atoms with Crippen LogP contribution in [0.3, 0.4) is 0 Å². The van der Waals surface area contributed by atoms with E-state index in [1.807, 2.05) is 11.4 Å². The van der Waals surface area contributed by atoms with E-state index in [2.05, 4.69) is 15.9 Å². The van der Waals surface area contributed by atoms with Crippen molar-refractivity contribution < 1.29 is 14.2 Å². The minimum Gasteiger partial charge on any atom is -0.496 e. The number of halogens is 2. The van der Waals surface area contributed by atoms with Gasteiger partial charge in [0.15, 0.2) is 0 Å². The zero-order valence-corrected chi connectivity index (χ0v) is 14.4. The topological polar surface area (TPSA) is 27.7 Å². The Morgan fingerprint density at radius 2 is 1.70 bits per heavy atom. The van der Waals surface area contributed by atoms with Crippen LogP contribution < -0.4 is 14.2 Å². The van der Waals surface area contributed by atoms with Crippen molar-refractivity contribution >= 4 is 38.9 Å². The second kappa shape index (κ2) is 6.70. The Kier molecular flexibility index (Phi) is 5.18. The molecule has 0 fully saturated rings. The third kappa shape index (κ3) is 2.90. The highest BCUT2D eigenvalue weighted by Gasteiger charge is 2.24. The van der Waals surface area contributed by atoms with E-state index in [4.69, 9.17) is 25.8 Å². The first-order valence-corrected chi connectivity index (χ1v) is 7.90. The molecule has 1 heterocycles.